The first-order valence-corrected chi connectivity index (χ1v) is 6.32. The minimum Gasteiger partial charge on any atom is -0.382 e. The molecule has 3 heteroatoms. The molecule has 0 saturated heterocycles. The van der Waals surface area contributed by atoms with Crippen molar-refractivity contribution in [3.8, 4) is 0 Å². The molecule has 0 bridgehead atoms. The van der Waals surface area contributed by atoms with Crippen LogP contribution in [0.15, 0.2) is 30.3 Å². The Labute approximate surface area is 109 Å². The van der Waals surface area contributed by atoms with E-state index in [0.717, 1.165) is 18.6 Å². The van der Waals surface area contributed by atoms with Gasteiger partial charge in [-0.1, -0.05) is 29.8 Å². The second-order valence-corrected chi connectivity index (χ2v) is 4.09. The Morgan fingerprint density at radius 2 is 2.28 bits per heavy atom. The number of carbonyl (C=O) groups excluding carboxylic acids is 1. The molecule has 0 heterocycles. The molecule has 0 unspecified atom stereocenters. The summed E-state index contributed by atoms with van der Waals surface area (Å²) in [5.74, 6) is -0.0620. The molecule has 0 atom stereocenters. The number of amides is 1. The van der Waals surface area contributed by atoms with Crippen molar-refractivity contribution in [2.75, 3.05) is 19.8 Å². The average molecular weight is 247 g/mol. The quantitative estimate of drug-likeness (QED) is 0.594. The van der Waals surface area contributed by atoms with Crippen LogP contribution in [0.5, 0.6) is 0 Å². The number of hydrogen-bond donors (Lipinski definition) is 1. The highest BCUT2D eigenvalue weighted by Crippen LogP contribution is 2.05. The lowest BCUT2D eigenvalue weighted by atomic mass is 10.1. The number of carbonyl (C=O) groups is 1. The van der Waals surface area contributed by atoms with E-state index in [-0.39, 0.29) is 5.91 Å². The normalized spacial score (nSPS) is 10.8. The molecule has 0 aliphatic carbocycles. The maximum atomic E-state index is 11.5. The van der Waals surface area contributed by atoms with Gasteiger partial charge in [-0.3, -0.25) is 4.79 Å². The molecular weight excluding hydrogens is 226 g/mol. The SMILES string of the molecule is CCOCCCNC(=O)C=Cc1cccc(C)c1. The Morgan fingerprint density at radius 1 is 1.44 bits per heavy atom. The van der Waals surface area contributed by atoms with Gasteiger partial charge in [0.25, 0.3) is 0 Å². The van der Waals surface area contributed by atoms with Crippen molar-refractivity contribution in [1.82, 2.24) is 5.32 Å². The molecule has 1 rings (SSSR count). The van der Waals surface area contributed by atoms with Crippen molar-refractivity contribution in [2.24, 2.45) is 0 Å². The van der Waals surface area contributed by atoms with E-state index in [9.17, 15) is 4.79 Å². The molecule has 0 aliphatic rings. The minimum absolute atomic E-state index is 0.0620. The molecule has 0 spiro atoms. The zero-order valence-corrected chi connectivity index (χ0v) is 11.1. The zero-order chi connectivity index (χ0) is 13.2. The van der Waals surface area contributed by atoms with E-state index in [1.807, 2.05) is 44.2 Å². The zero-order valence-electron chi connectivity index (χ0n) is 11.1. The van der Waals surface area contributed by atoms with Crippen molar-refractivity contribution in [3.63, 3.8) is 0 Å². The van der Waals surface area contributed by atoms with E-state index < -0.39 is 0 Å². The Balaban J connectivity index is 2.27. The van der Waals surface area contributed by atoms with Gasteiger partial charge in [-0.15, -0.1) is 0 Å². The molecule has 1 aromatic rings. The van der Waals surface area contributed by atoms with E-state index in [0.29, 0.717) is 13.2 Å². The highest BCUT2D eigenvalue weighted by Gasteiger charge is 1.95. The largest absolute Gasteiger partial charge is 0.382 e. The first-order valence-electron chi connectivity index (χ1n) is 6.32. The van der Waals surface area contributed by atoms with Crippen molar-refractivity contribution >= 4 is 12.0 Å². The van der Waals surface area contributed by atoms with E-state index in [1.165, 1.54) is 5.56 Å². The lowest BCUT2D eigenvalue weighted by Gasteiger charge is -2.02. The molecule has 1 amide bonds. The summed E-state index contributed by atoms with van der Waals surface area (Å²) < 4.78 is 5.19. The monoisotopic (exact) mass is 247 g/mol. The number of aryl methyl sites for hydroxylation is 1. The molecule has 0 radical (unpaired) electrons. The summed E-state index contributed by atoms with van der Waals surface area (Å²) in [4.78, 5) is 11.5. The van der Waals surface area contributed by atoms with Gasteiger partial charge in [-0.05, 0) is 31.9 Å². The smallest absolute Gasteiger partial charge is 0.244 e. The molecule has 0 aliphatic heterocycles. The molecule has 1 N–H and O–H groups in total. The van der Waals surface area contributed by atoms with Gasteiger partial charge >= 0.3 is 0 Å². The third-order valence-electron chi connectivity index (χ3n) is 2.44. The summed E-state index contributed by atoms with van der Waals surface area (Å²) in [6.07, 6.45) is 4.23. The van der Waals surface area contributed by atoms with Crippen LogP contribution in [0.3, 0.4) is 0 Å². The van der Waals surface area contributed by atoms with E-state index >= 15 is 0 Å². The fraction of sp³-hybridized carbons (Fsp3) is 0.400. The van der Waals surface area contributed by atoms with Crippen molar-refractivity contribution in [2.45, 2.75) is 20.3 Å². The summed E-state index contributed by atoms with van der Waals surface area (Å²) in [7, 11) is 0. The predicted molar refractivity (Wildman–Crippen MR) is 74.3 cm³/mol. The summed E-state index contributed by atoms with van der Waals surface area (Å²) in [6, 6.07) is 8.03. The van der Waals surface area contributed by atoms with Gasteiger partial charge in [-0.2, -0.15) is 0 Å². The number of ether oxygens (including phenoxy) is 1. The van der Waals surface area contributed by atoms with Gasteiger partial charge in [0.05, 0.1) is 0 Å². The second-order valence-electron chi connectivity index (χ2n) is 4.09. The van der Waals surface area contributed by atoms with Crippen LogP contribution < -0.4 is 5.32 Å². The Morgan fingerprint density at radius 3 is 3.00 bits per heavy atom. The van der Waals surface area contributed by atoms with E-state index in [4.69, 9.17) is 4.74 Å². The predicted octanol–water partition coefficient (Wildman–Crippen LogP) is 2.55. The Bertz CT molecular complexity index is 399. The van der Waals surface area contributed by atoms with Crippen LogP contribution in [-0.4, -0.2) is 25.7 Å². The molecule has 3 nitrogen and oxygen atoms in total. The lowest BCUT2D eigenvalue weighted by Crippen LogP contribution is -2.23. The van der Waals surface area contributed by atoms with Gasteiger partial charge in [0.1, 0.15) is 0 Å². The minimum atomic E-state index is -0.0620. The lowest BCUT2D eigenvalue weighted by molar-refractivity contribution is -0.116. The summed E-state index contributed by atoms with van der Waals surface area (Å²) in [5.41, 5.74) is 2.23. The van der Waals surface area contributed by atoms with Crippen LogP contribution >= 0.6 is 0 Å². The fourth-order valence-corrected chi connectivity index (χ4v) is 1.53. The van der Waals surface area contributed by atoms with Crippen molar-refractivity contribution in [1.29, 1.82) is 0 Å². The van der Waals surface area contributed by atoms with Gasteiger partial charge in [0.2, 0.25) is 5.91 Å². The molecule has 1 aromatic carbocycles. The maximum Gasteiger partial charge on any atom is 0.244 e. The maximum absolute atomic E-state index is 11.5. The third-order valence-corrected chi connectivity index (χ3v) is 2.44. The third kappa shape index (κ3) is 6.21. The molecule has 0 saturated carbocycles. The van der Waals surface area contributed by atoms with Crippen LogP contribution in [0, 0.1) is 6.92 Å². The number of hydrogen-bond acceptors (Lipinski definition) is 2. The molecule has 18 heavy (non-hydrogen) atoms. The van der Waals surface area contributed by atoms with Crippen molar-refractivity contribution in [3.05, 3.63) is 41.5 Å². The number of benzene rings is 1. The second kappa shape index (κ2) is 8.48. The van der Waals surface area contributed by atoms with Gasteiger partial charge in [-0.25, -0.2) is 0 Å². The summed E-state index contributed by atoms with van der Waals surface area (Å²) >= 11 is 0. The van der Waals surface area contributed by atoms with Crippen LogP contribution in [-0.2, 0) is 9.53 Å². The van der Waals surface area contributed by atoms with Crippen LogP contribution in [0.25, 0.3) is 6.08 Å². The first-order chi connectivity index (χ1) is 8.72. The fourth-order valence-electron chi connectivity index (χ4n) is 1.53. The van der Waals surface area contributed by atoms with E-state index in [1.54, 1.807) is 6.08 Å². The van der Waals surface area contributed by atoms with Gasteiger partial charge in [0.15, 0.2) is 0 Å². The molecular formula is C15H21NO2. The van der Waals surface area contributed by atoms with Crippen LogP contribution in [0.1, 0.15) is 24.5 Å². The Hall–Kier alpha value is -1.61. The highest BCUT2D eigenvalue weighted by atomic mass is 16.5. The molecule has 0 fully saturated rings. The average Bonchev–Trinajstić information content (AvgIpc) is 2.36. The van der Waals surface area contributed by atoms with Gasteiger partial charge < -0.3 is 10.1 Å². The first kappa shape index (κ1) is 14.5. The van der Waals surface area contributed by atoms with E-state index in [2.05, 4.69) is 5.32 Å². The Kier molecular flexibility index (Phi) is 6.81. The topological polar surface area (TPSA) is 38.3 Å². The molecule has 0 aromatic heterocycles. The van der Waals surface area contributed by atoms with Crippen molar-refractivity contribution < 1.29 is 9.53 Å². The standard InChI is InChI=1S/C15H21NO2/c1-3-18-11-5-10-16-15(17)9-8-14-7-4-6-13(2)12-14/h4,6-9,12H,3,5,10-11H2,1-2H3,(H,16,17). The van der Waals surface area contributed by atoms with Crippen LogP contribution in [0.4, 0.5) is 0 Å². The van der Waals surface area contributed by atoms with Crippen LogP contribution in [0.2, 0.25) is 0 Å². The summed E-state index contributed by atoms with van der Waals surface area (Å²) in [6.45, 7) is 6.06. The number of rotatable bonds is 7. The summed E-state index contributed by atoms with van der Waals surface area (Å²) in [5, 5.41) is 2.82. The van der Waals surface area contributed by atoms with Gasteiger partial charge in [0, 0.05) is 25.8 Å². The molecule has 98 valence electrons. The highest BCUT2D eigenvalue weighted by molar-refractivity contribution is 5.91. The number of nitrogens with one attached hydrogen (secondary N) is 1.